The summed E-state index contributed by atoms with van der Waals surface area (Å²) in [6.07, 6.45) is 11.7. The van der Waals surface area contributed by atoms with Crippen molar-refractivity contribution >= 4 is 22.5 Å². The summed E-state index contributed by atoms with van der Waals surface area (Å²) in [4.78, 5) is 20.8. The lowest BCUT2D eigenvalue weighted by atomic mass is 9.92. The van der Waals surface area contributed by atoms with Gasteiger partial charge < -0.3 is 10.2 Å². The van der Waals surface area contributed by atoms with Crippen LogP contribution in [0.3, 0.4) is 0 Å². The van der Waals surface area contributed by atoms with Gasteiger partial charge in [-0.1, -0.05) is 38.0 Å². The summed E-state index contributed by atoms with van der Waals surface area (Å²) >= 11 is 0. The molecule has 2 N–H and O–H groups in total. The van der Waals surface area contributed by atoms with Crippen molar-refractivity contribution in [2.24, 2.45) is 11.8 Å². The summed E-state index contributed by atoms with van der Waals surface area (Å²) < 4.78 is 0. The predicted molar refractivity (Wildman–Crippen MR) is 156 cm³/mol. The van der Waals surface area contributed by atoms with Crippen molar-refractivity contribution in [1.82, 2.24) is 20.5 Å². The molecule has 0 radical (unpaired) electrons. The summed E-state index contributed by atoms with van der Waals surface area (Å²) in [5.74, 6) is 1.20. The normalized spacial score (nSPS) is 23.8. The van der Waals surface area contributed by atoms with Crippen LogP contribution in [-0.4, -0.2) is 33.2 Å². The second-order valence-electron chi connectivity index (χ2n) is 12.0. The Labute approximate surface area is 230 Å². The van der Waals surface area contributed by atoms with Crippen LogP contribution in [0.4, 0.5) is 5.69 Å². The van der Waals surface area contributed by atoms with Gasteiger partial charge in [0.15, 0.2) is 0 Å². The number of anilines is 1. The molecule has 200 valence electrons. The van der Waals surface area contributed by atoms with E-state index in [-0.39, 0.29) is 11.9 Å². The quantitative estimate of drug-likeness (QED) is 0.286. The Kier molecular flexibility index (Phi) is 6.34. The van der Waals surface area contributed by atoms with Crippen LogP contribution in [0.5, 0.6) is 0 Å². The Balaban J connectivity index is 1.14. The second kappa shape index (κ2) is 10.1. The molecule has 2 unspecified atom stereocenters. The summed E-state index contributed by atoms with van der Waals surface area (Å²) in [7, 11) is 0. The Bertz CT molecular complexity index is 1440. The van der Waals surface area contributed by atoms with Gasteiger partial charge in [0.05, 0.1) is 22.9 Å². The molecule has 0 spiro atoms. The number of H-pyrrole nitrogens is 1. The van der Waals surface area contributed by atoms with Gasteiger partial charge in [0, 0.05) is 40.5 Å². The van der Waals surface area contributed by atoms with Gasteiger partial charge in [0.2, 0.25) is 0 Å². The molecule has 7 rings (SSSR count). The minimum atomic E-state index is -0.0682. The third-order valence-electron chi connectivity index (χ3n) is 9.40. The first-order valence-electron chi connectivity index (χ1n) is 14.7. The zero-order chi connectivity index (χ0) is 26.3. The number of amides is 1. The molecule has 3 fully saturated rings. The fraction of sp³-hybridized carbons (Fsp3) is 0.424. The van der Waals surface area contributed by atoms with Crippen LogP contribution in [0, 0.1) is 11.8 Å². The molecule has 1 amide bonds. The Hall–Kier alpha value is -3.67. The van der Waals surface area contributed by atoms with E-state index >= 15 is 0 Å². The van der Waals surface area contributed by atoms with Crippen molar-refractivity contribution in [1.29, 1.82) is 0 Å². The number of rotatable bonds is 6. The lowest BCUT2D eigenvalue weighted by molar-refractivity contribution is 0.0920. The smallest absolute Gasteiger partial charge is 0.251 e. The monoisotopic (exact) mass is 519 g/mol. The van der Waals surface area contributed by atoms with E-state index in [1.54, 1.807) is 0 Å². The van der Waals surface area contributed by atoms with Crippen molar-refractivity contribution < 1.29 is 4.79 Å². The van der Waals surface area contributed by atoms with E-state index in [1.165, 1.54) is 44.2 Å². The highest BCUT2D eigenvalue weighted by Gasteiger charge is 2.39. The van der Waals surface area contributed by atoms with Crippen LogP contribution in [-0.2, 0) is 0 Å². The zero-order valence-corrected chi connectivity index (χ0v) is 22.6. The number of hydrogen-bond acceptors (Lipinski definition) is 4. The van der Waals surface area contributed by atoms with Gasteiger partial charge in [-0.25, -0.2) is 0 Å². The molecule has 2 aromatic carbocycles. The molecular weight excluding hydrogens is 482 g/mol. The average molecular weight is 520 g/mol. The van der Waals surface area contributed by atoms with Crippen molar-refractivity contribution in [3.8, 4) is 11.3 Å². The number of nitrogens with one attached hydrogen (secondary N) is 2. The van der Waals surface area contributed by atoms with Crippen LogP contribution in [0.2, 0.25) is 0 Å². The minimum absolute atomic E-state index is 0.0586. The highest BCUT2D eigenvalue weighted by molar-refractivity contribution is 6.01. The van der Waals surface area contributed by atoms with E-state index in [9.17, 15) is 4.79 Å². The molecule has 6 heteroatoms. The standard InChI is InChI=1S/C33H37N5O/c1-21-18-26-14-15-27(19-21)38(26)25-12-9-23(10-13-25)31-28-20-24(11-16-29(28)36-37-31)33(39)35-32(22-6-2-3-7-22)30-8-4-5-17-34-30/h4-5,8-13,16-17,20-22,26-27,32H,2-3,6-7,14-15,18-19H2,1H3,(H,35,39)(H,36,37)/t21?,26?,27?,32-/m0/s1. The molecule has 3 atom stereocenters. The summed E-state index contributed by atoms with van der Waals surface area (Å²) in [6.45, 7) is 2.40. The lowest BCUT2D eigenvalue weighted by Gasteiger charge is -2.39. The largest absolute Gasteiger partial charge is 0.366 e. The first-order chi connectivity index (χ1) is 19.1. The SMILES string of the molecule is CC1CC2CCC(C1)N2c1ccc(-c2n[nH]c3ccc(C(=O)N[C@H](c4ccccn4)C4CCCC4)cc23)cc1. The van der Waals surface area contributed by atoms with E-state index in [4.69, 9.17) is 0 Å². The van der Waals surface area contributed by atoms with Gasteiger partial charge in [-0.2, -0.15) is 5.10 Å². The molecule has 1 aliphatic carbocycles. The summed E-state index contributed by atoms with van der Waals surface area (Å²) in [6, 6.07) is 22.0. The molecule has 6 nitrogen and oxygen atoms in total. The van der Waals surface area contributed by atoms with E-state index in [0.29, 0.717) is 23.6 Å². The zero-order valence-electron chi connectivity index (χ0n) is 22.6. The van der Waals surface area contributed by atoms with Crippen molar-refractivity contribution in [3.63, 3.8) is 0 Å². The van der Waals surface area contributed by atoms with Crippen LogP contribution >= 0.6 is 0 Å². The molecule has 1 saturated carbocycles. The van der Waals surface area contributed by atoms with Crippen LogP contribution in [0.1, 0.15) is 80.4 Å². The summed E-state index contributed by atoms with van der Waals surface area (Å²) in [5.41, 5.74) is 5.81. The first-order valence-corrected chi connectivity index (χ1v) is 14.7. The van der Waals surface area contributed by atoms with Gasteiger partial charge in [-0.3, -0.25) is 14.9 Å². The first kappa shape index (κ1) is 24.4. The maximum atomic E-state index is 13.5. The van der Waals surface area contributed by atoms with E-state index in [2.05, 4.69) is 56.6 Å². The van der Waals surface area contributed by atoms with Crippen LogP contribution in [0.15, 0.2) is 66.9 Å². The third-order valence-corrected chi connectivity index (χ3v) is 9.40. The maximum absolute atomic E-state index is 13.5. The molecule has 4 aromatic rings. The molecule has 2 saturated heterocycles. The van der Waals surface area contributed by atoms with E-state index in [1.807, 2.05) is 42.6 Å². The number of pyridine rings is 1. The molecule has 2 bridgehead atoms. The number of nitrogens with zero attached hydrogens (tertiary/aromatic N) is 3. The van der Waals surface area contributed by atoms with Gasteiger partial charge in [-0.05, 0) is 92.8 Å². The number of carbonyl (C=O) groups is 1. The molecular formula is C33H37N5O. The number of carbonyl (C=O) groups excluding carboxylic acids is 1. The number of benzene rings is 2. The number of piperidine rings is 1. The Morgan fingerprint density at radius 1 is 0.974 bits per heavy atom. The van der Waals surface area contributed by atoms with Gasteiger partial charge in [0.25, 0.3) is 5.91 Å². The number of fused-ring (bicyclic) bond motifs is 3. The van der Waals surface area contributed by atoms with Crippen molar-refractivity contribution in [3.05, 3.63) is 78.1 Å². The Morgan fingerprint density at radius 3 is 2.46 bits per heavy atom. The Morgan fingerprint density at radius 2 is 1.74 bits per heavy atom. The predicted octanol–water partition coefficient (Wildman–Crippen LogP) is 7.05. The molecule has 2 aromatic heterocycles. The minimum Gasteiger partial charge on any atom is -0.366 e. The van der Waals surface area contributed by atoms with Crippen molar-refractivity contribution in [2.45, 2.75) is 76.4 Å². The molecule has 2 aliphatic heterocycles. The summed E-state index contributed by atoms with van der Waals surface area (Å²) in [5, 5.41) is 12.1. The van der Waals surface area contributed by atoms with Gasteiger partial charge >= 0.3 is 0 Å². The number of hydrogen-bond donors (Lipinski definition) is 2. The topological polar surface area (TPSA) is 73.9 Å². The van der Waals surface area contributed by atoms with E-state index < -0.39 is 0 Å². The number of aromatic nitrogens is 3. The molecule has 3 aliphatic rings. The maximum Gasteiger partial charge on any atom is 0.251 e. The van der Waals surface area contributed by atoms with E-state index in [0.717, 1.165) is 46.6 Å². The molecule has 4 heterocycles. The fourth-order valence-electron chi connectivity index (χ4n) is 7.55. The lowest BCUT2D eigenvalue weighted by Crippen LogP contribution is -2.42. The van der Waals surface area contributed by atoms with Gasteiger partial charge in [0.1, 0.15) is 0 Å². The second-order valence-corrected chi connectivity index (χ2v) is 12.0. The number of aromatic amines is 1. The molecule has 39 heavy (non-hydrogen) atoms. The fourth-order valence-corrected chi connectivity index (χ4v) is 7.55. The average Bonchev–Trinajstić information content (AvgIpc) is 3.70. The van der Waals surface area contributed by atoms with Crippen LogP contribution < -0.4 is 10.2 Å². The third kappa shape index (κ3) is 4.60. The van der Waals surface area contributed by atoms with Crippen molar-refractivity contribution in [2.75, 3.05) is 4.90 Å². The highest BCUT2D eigenvalue weighted by atomic mass is 16.1. The van der Waals surface area contributed by atoms with Crippen LogP contribution in [0.25, 0.3) is 22.2 Å². The van der Waals surface area contributed by atoms with Gasteiger partial charge in [-0.15, -0.1) is 0 Å². The highest BCUT2D eigenvalue weighted by Crippen LogP contribution is 2.42.